The van der Waals surface area contributed by atoms with E-state index in [1.165, 1.54) is 6.26 Å². The highest BCUT2D eigenvalue weighted by Gasteiger charge is 2.31. The van der Waals surface area contributed by atoms with E-state index in [1.807, 2.05) is 30.3 Å². The van der Waals surface area contributed by atoms with Crippen LogP contribution in [0.25, 0.3) is 11.0 Å². The molecule has 1 aliphatic rings. The molecule has 37 heavy (non-hydrogen) atoms. The number of para-hydroxylation sites is 1. The van der Waals surface area contributed by atoms with Gasteiger partial charge in [-0.05, 0) is 41.8 Å². The summed E-state index contributed by atoms with van der Waals surface area (Å²) < 4.78 is 43.9. The molecule has 2 aromatic carbocycles. The zero-order valence-corrected chi connectivity index (χ0v) is 20.2. The van der Waals surface area contributed by atoms with E-state index < -0.39 is 11.7 Å². The van der Waals surface area contributed by atoms with Crippen LogP contribution in [0.1, 0.15) is 43.1 Å². The first-order chi connectivity index (χ1) is 17.7. The number of carbonyl (C=O) groups is 2. The fourth-order valence-corrected chi connectivity index (χ4v) is 4.65. The van der Waals surface area contributed by atoms with E-state index in [4.69, 9.17) is 16.0 Å². The van der Waals surface area contributed by atoms with Crippen LogP contribution in [0.15, 0.2) is 65.4 Å². The average molecular weight is 528 g/mol. The van der Waals surface area contributed by atoms with Crippen LogP contribution in [0.4, 0.5) is 13.2 Å². The van der Waals surface area contributed by atoms with Crippen molar-refractivity contribution in [1.29, 1.82) is 0 Å². The number of halogens is 4. The number of furan rings is 1. The molecule has 0 saturated heterocycles. The van der Waals surface area contributed by atoms with E-state index in [-0.39, 0.29) is 35.5 Å². The monoisotopic (exact) mass is 527 g/mol. The van der Waals surface area contributed by atoms with Crippen molar-refractivity contribution in [3.63, 3.8) is 0 Å². The third-order valence-electron chi connectivity index (χ3n) is 6.37. The fraction of sp³-hybridized carbons (Fsp3) is 0.222. The quantitative estimate of drug-likeness (QED) is 0.363. The molecule has 0 bridgehead atoms. The normalized spacial score (nSPS) is 13.5. The third kappa shape index (κ3) is 5.17. The lowest BCUT2D eigenvalue weighted by molar-refractivity contribution is -0.137. The molecule has 190 valence electrons. The maximum Gasteiger partial charge on any atom is 0.417 e. The molecule has 0 aliphatic carbocycles. The van der Waals surface area contributed by atoms with Gasteiger partial charge in [-0.25, -0.2) is 0 Å². The topological polar surface area (TPSA) is 75.4 Å². The number of aromatic nitrogens is 1. The van der Waals surface area contributed by atoms with Gasteiger partial charge in [0.25, 0.3) is 11.8 Å². The first kappa shape index (κ1) is 24.8. The van der Waals surface area contributed by atoms with E-state index in [9.17, 15) is 22.8 Å². The number of pyridine rings is 1. The number of fused-ring (bicyclic) bond motifs is 2. The Morgan fingerprint density at radius 2 is 1.92 bits per heavy atom. The molecule has 1 aliphatic heterocycles. The van der Waals surface area contributed by atoms with Gasteiger partial charge in [-0.15, -0.1) is 0 Å². The van der Waals surface area contributed by atoms with Crippen molar-refractivity contribution in [3.8, 4) is 0 Å². The van der Waals surface area contributed by atoms with Crippen molar-refractivity contribution in [2.24, 2.45) is 0 Å². The Hall–Kier alpha value is -3.85. The fourth-order valence-electron chi connectivity index (χ4n) is 4.39. The minimum atomic E-state index is -4.53. The van der Waals surface area contributed by atoms with E-state index in [2.05, 4.69) is 10.3 Å². The Labute approximate surface area is 215 Å². The molecular formula is C27H21ClF3N3O3. The number of amides is 2. The van der Waals surface area contributed by atoms with E-state index in [0.29, 0.717) is 36.2 Å². The second-order valence-corrected chi connectivity index (χ2v) is 9.17. The van der Waals surface area contributed by atoms with Gasteiger partial charge in [0.2, 0.25) is 0 Å². The highest BCUT2D eigenvalue weighted by atomic mass is 35.5. The average Bonchev–Trinajstić information content (AvgIpc) is 3.32. The number of hydrogen-bond acceptors (Lipinski definition) is 4. The molecule has 0 unspecified atom stereocenters. The standard InChI is InChI=1S/C27H21ClF3N3O3/c28-22-12-19(27(29,30)31)13-33-23(22)7-9-32-25(35)17-6-5-16-8-10-34(14-18(16)11-17)26(36)21-15-37-24-4-2-1-3-20(21)24/h1-6,11-13,15H,7-10,14H2,(H,32,35). The molecule has 2 amide bonds. The summed E-state index contributed by atoms with van der Waals surface area (Å²) in [6, 6.07) is 13.6. The zero-order valence-electron chi connectivity index (χ0n) is 19.4. The van der Waals surface area contributed by atoms with Gasteiger partial charge in [0, 0.05) is 43.2 Å². The van der Waals surface area contributed by atoms with Gasteiger partial charge < -0.3 is 14.6 Å². The highest BCUT2D eigenvalue weighted by Crippen LogP contribution is 2.31. The molecule has 0 atom stereocenters. The number of benzene rings is 2. The Morgan fingerprint density at radius 1 is 1.11 bits per heavy atom. The molecule has 0 radical (unpaired) electrons. The van der Waals surface area contributed by atoms with Gasteiger partial charge in [-0.3, -0.25) is 14.6 Å². The van der Waals surface area contributed by atoms with Crippen molar-refractivity contribution >= 4 is 34.4 Å². The molecule has 1 N–H and O–H groups in total. The van der Waals surface area contributed by atoms with Gasteiger partial charge >= 0.3 is 6.18 Å². The lowest BCUT2D eigenvalue weighted by atomic mass is 9.96. The van der Waals surface area contributed by atoms with Gasteiger partial charge in [-0.2, -0.15) is 13.2 Å². The predicted molar refractivity (Wildman–Crippen MR) is 131 cm³/mol. The van der Waals surface area contributed by atoms with Crippen LogP contribution >= 0.6 is 11.6 Å². The molecule has 6 nitrogen and oxygen atoms in total. The molecule has 5 rings (SSSR count). The largest absolute Gasteiger partial charge is 0.463 e. The Kier molecular flexibility index (Phi) is 6.64. The Bertz CT molecular complexity index is 1500. The first-order valence-corrected chi connectivity index (χ1v) is 12.0. The number of alkyl halides is 3. The number of carbonyl (C=O) groups excluding carboxylic acids is 2. The molecule has 0 spiro atoms. The molecule has 3 heterocycles. The van der Waals surface area contributed by atoms with Crippen LogP contribution < -0.4 is 5.32 Å². The van der Waals surface area contributed by atoms with Crippen molar-refractivity contribution in [2.45, 2.75) is 25.6 Å². The lowest BCUT2D eigenvalue weighted by Crippen LogP contribution is -2.36. The second kappa shape index (κ2) is 9.89. The number of nitrogens with zero attached hydrogens (tertiary/aromatic N) is 2. The summed E-state index contributed by atoms with van der Waals surface area (Å²) >= 11 is 5.94. The summed E-state index contributed by atoms with van der Waals surface area (Å²) in [4.78, 5) is 31.4. The Balaban J connectivity index is 1.23. The molecule has 0 fully saturated rings. The third-order valence-corrected chi connectivity index (χ3v) is 6.70. The number of hydrogen-bond donors (Lipinski definition) is 1. The van der Waals surface area contributed by atoms with Crippen LogP contribution in [0, 0.1) is 0 Å². The minimum absolute atomic E-state index is 0.104. The van der Waals surface area contributed by atoms with E-state index >= 15 is 0 Å². The van der Waals surface area contributed by atoms with Crippen LogP contribution in [-0.4, -0.2) is 34.8 Å². The van der Waals surface area contributed by atoms with Crippen molar-refractivity contribution < 1.29 is 27.2 Å². The molecule has 0 saturated carbocycles. The maximum absolute atomic E-state index is 13.2. The Morgan fingerprint density at radius 3 is 2.70 bits per heavy atom. The SMILES string of the molecule is O=C(NCCc1ncc(C(F)(F)F)cc1Cl)c1ccc2c(c1)CN(C(=O)c1coc3ccccc13)CC2. The highest BCUT2D eigenvalue weighted by molar-refractivity contribution is 6.31. The zero-order chi connectivity index (χ0) is 26.2. The number of nitrogens with one attached hydrogen (secondary N) is 1. The van der Waals surface area contributed by atoms with Gasteiger partial charge in [-0.1, -0.05) is 35.9 Å². The van der Waals surface area contributed by atoms with Crippen LogP contribution in [0.3, 0.4) is 0 Å². The molecule has 4 aromatic rings. The van der Waals surface area contributed by atoms with Crippen molar-refractivity contribution in [3.05, 3.63) is 99.5 Å². The summed E-state index contributed by atoms with van der Waals surface area (Å²) in [5.41, 5.74) is 2.87. The minimum Gasteiger partial charge on any atom is -0.463 e. The second-order valence-electron chi connectivity index (χ2n) is 8.76. The van der Waals surface area contributed by atoms with E-state index in [1.54, 1.807) is 17.0 Å². The van der Waals surface area contributed by atoms with Gasteiger partial charge in [0.05, 0.1) is 21.8 Å². The molecule has 10 heteroatoms. The number of rotatable bonds is 5. The summed E-state index contributed by atoms with van der Waals surface area (Å²) in [5.74, 6) is -0.471. The van der Waals surface area contributed by atoms with E-state index in [0.717, 1.165) is 28.8 Å². The smallest absolute Gasteiger partial charge is 0.417 e. The maximum atomic E-state index is 13.2. The summed E-state index contributed by atoms with van der Waals surface area (Å²) in [6.07, 6.45) is -1.48. The van der Waals surface area contributed by atoms with Gasteiger partial charge in [0.1, 0.15) is 11.8 Å². The van der Waals surface area contributed by atoms with Crippen LogP contribution in [0.2, 0.25) is 5.02 Å². The molecular weight excluding hydrogens is 507 g/mol. The van der Waals surface area contributed by atoms with Crippen LogP contribution in [0.5, 0.6) is 0 Å². The summed E-state index contributed by atoms with van der Waals surface area (Å²) in [7, 11) is 0. The molecule has 2 aromatic heterocycles. The predicted octanol–water partition coefficient (Wildman–Crippen LogP) is 5.67. The summed E-state index contributed by atoms with van der Waals surface area (Å²) in [5, 5.41) is 3.40. The van der Waals surface area contributed by atoms with Gasteiger partial charge in [0.15, 0.2) is 0 Å². The van der Waals surface area contributed by atoms with Crippen molar-refractivity contribution in [2.75, 3.05) is 13.1 Å². The first-order valence-electron chi connectivity index (χ1n) is 11.6. The van der Waals surface area contributed by atoms with Crippen LogP contribution in [-0.2, 0) is 25.6 Å². The summed E-state index contributed by atoms with van der Waals surface area (Å²) in [6.45, 7) is 1.06. The van der Waals surface area contributed by atoms with Crippen molar-refractivity contribution in [1.82, 2.24) is 15.2 Å². The lowest BCUT2D eigenvalue weighted by Gasteiger charge is -2.29.